The first-order valence-electron chi connectivity index (χ1n) is 3.83. The topological polar surface area (TPSA) is 74.7 Å². The van der Waals surface area contributed by atoms with Crippen LogP contribution < -0.4 is 0 Å². The number of benzene rings is 1. The van der Waals surface area contributed by atoms with Gasteiger partial charge in [-0.3, -0.25) is 0 Å². The minimum Gasteiger partial charge on any atom is -0.464 e. The Balaban J connectivity index is 3.17. The van der Waals surface area contributed by atoms with Gasteiger partial charge in [0, 0.05) is 7.05 Å². The van der Waals surface area contributed by atoms with Crippen LogP contribution in [0.4, 0.5) is 9.18 Å². The zero-order valence-corrected chi connectivity index (χ0v) is 8.53. The summed E-state index contributed by atoms with van der Waals surface area (Å²) in [6.07, 6.45) is -1.60. The Hall–Kier alpha value is -1.63. The van der Waals surface area contributed by atoms with Gasteiger partial charge in [0.2, 0.25) is 0 Å². The molecule has 0 saturated carbocycles. The van der Waals surface area contributed by atoms with Gasteiger partial charge in [0.25, 0.3) is 10.0 Å². The largest absolute Gasteiger partial charge is 0.464 e. The van der Waals surface area contributed by atoms with Gasteiger partial charge in [0.15, 0.2) is 0 Å². The van der Waals surface area contributed by atoms with Crippen LogP contribution in [-0.4, -0.2) is 31.0 Å². The molecular formula is C8H8FNO4S. The van der Waals surface area contributed by atoms with Crippen LogP contribution >= 0.6 is 0 Å². The average Bonchev–Trinajstić information content (AvgIpc) is 2.17. The first-order valence-corrected chi connectivity index (χ1v) is 5.27. The zero-order chi connectivity index (χ0) is 11.6. The molecule has 0 atom stereocenters. The van der Waals surface area contributed by atoms with E-state index in [2.05, 4.69) is 0 Å². The van der Waals surface area contributed by atoms with Crippen LogP contribution in [-0.2, 0) is 10.0 Å². The van der Waals surface area contributed by atoms with Crippen LogP contribution in [0.1, 0.15) is 0 Å². The van der Waals surface area contributed by atoms with Gasteiger partial charge in [-0.15, -0.1) is 0 Å². The van der Waals surface area contributed by atoms with Crippen LogP contribution in [0.5, 0.6) is 0 Å². The molecule has 0 heterocycles. The standard InChI is InChI=1S/C8H8FNO4S/c1-10(8(11)12)15(13,14)7-4-2-6(9)3-5-7/h2-5H,1H3,(H,11,12). The molecule has 0 bridgehead atoms. The molecule has 1 amide bonds. The summed E-state index contributed by atoms with van der Waals surface area (Å²) in [7, 11) is -3.18. The Morgan fingerprint density at radius 1 is 1.33 bits per heavy atom. The van der Waals surface area contributed by atoms with Gasteiger partial charge in [-0.1, -0.05) is 0 Å². The molecule has 0 aliphatic heterocycles. The van der Waals surface area contributed by atoms with E-state index in [-0.39, 0.29) is 9.20 Å². The van der Waals surface area contributed by atoms with Gasteiger partial charge < -0.3 is 5.11 Å². The summed E-state index contributed by atoms with van der Waals surface area (Å²) in [5, 5.41) is 8.51. The molecule has 0 saturated heterocycles. The lowest BCUT2D eigenvalue weighted by molar-refractivity contribution is 0.178. The minimum absolute atomic E-state index is 0.167. The highest BCUT2D eigenvalue weighted by Crippen LogP contribution is 2.14. The van der Waals surface area contributed by atoms with Crippen molar-refractivity contribution in [1.82, 2.24) is 4.31 Å². The molecular weight excluding hydrogens is 225 g/mol. The zero-order valence-electron chi connectivity index (χ0n) is 7.71. The minimum atomic E-state index is -4.09. The van der Waals surface area contributed by atoms with E-state index in [1.54, 1.807) is 0 Å². The fraction of sp³-hybridized carbons (Fsp3) is 0.125. The maximum absolute atomic E-state index is 12.5. The third-order valence-corrected chi connectivity index (χ3v) is 3.49. The molecule has 0 fully saturated rings. The molecule has 0 unspecified atom stereocenters. The first-order chi connectivity index (χ1) is 6.85. The van der Waals surface area contributed by atoms with Crippen molar-refractivity contribution in [3.8, 4) is 0 Å². The maximum atomic E-state index is 12.5. The predicted octanol–water partition coefficient (Wildman–Crippen LogP) is 1.12. The molecule has 0 aliphatic rings. The summed E-state index contributed by atoms with van der Waals surface area (Å²) in [6.45, 7) is 0. The van der Waals surface area contributed by atoms with Crippen molar-refractivity contribution in [3.63, 3.8) is 0 Å². The van der Waals surface area contributed by atoms with Crippen LogP contribution in [0.2, 0.25) is 0 Å². The summed E-state index contributed by atoms with van der Waals surface area (Å²) in [5.41, 5.74) is 0. The second-order valence-corrected chi connectivity index (χ2v) is 4.68. The van der Waals surface area contributed by atoms with Gasteiger partial charge in [-0.05, 0) is 24.3 Å². The number of halogens is 1. The number of hydrogen-bond donors (Lipinski definition) is 1. The highest BCUT2D eigenvalue weighted by Gasteiger charge is 2.24. The summed E-state index contributed by atoms with van der Waals surface area (Å²) >= 11 is 0. The highest BCUT2D eigenvalue weighted by molar-refractivity contribution is 7.89. The lowest BCUT2D eigenvalue weighted by Crippen LogP contribution is -2.31. The van der Waals surface area contributed by atoms with Crippen molar-refractivity contribution in [3.05, 3.63) is 30.1 Å². The fourth-order valence-electron chi connectivity index (χ4n) is 0.867. The normalized spacial score (nSPS) is 11.1. The van der Waals surface area contributed by atoms with E-state index in [4.69, 9.17) is 5.11 Å². The quantitative estimate of drug-likeness (QED) is 0.830. The van der Waals surface area contributed by atoms with E-state index in [0.29, 0.717) is 0 Å². The van der Waals surface area contributed by atoms with Crippen LogP contribution in [0.25, 0.3) is 0 Å². The lowest BCUT2D eigenvalue weighted by atomic mass is 10.4. The molecule has 0 radical (unpaired) electrons. The van der Waals surface area contributed by atoms with Gasteiger partial charge in [-0.2, -0.15) is 0 Å². The SMILES string of the molecule is CN(C(=O)O)S(=O)(=O)c1ccc(F)cc1. The summed E-state index contributed by atoms with van der Waals surface area (Å²) in [6, 6.07) is 3.90. The maximum Gasteiger partial charge on any atom is 0.421 e. The average molecular weight is 233 g/mol. The summed E-state index contributed by atoms with van der Waals surface area (Å²) < 4.78 is 35.7. The monoisotopic (exact) mass is 233 g/mol. The molecule has 82 valence electrons. The van der Waals surface area contributed by atoms with E-state index < -0.39 is 21.9 Å². The highest BCUT2D eigenvalue weighted by atomic mass is 32.2. The van der Waals surface area contributed by atoms with Crippen molar-refractivity contribution < 1.29 is 22.7 Å². The summed E-state index contributed by atoms with van der Waals surface area (Å²) in [5.74, 6) is -0.591. The number of hydrogen-bond acceptors (Lipinski definition) is 3. The number of amides is 1. The van der Waals surface area contributed by atoms with Gasteiger partial charge >= 0.3 is 6.09 Å². The van der Waals surface area contributed by atoms with E-state index >= 15 is 0 Å². The third-order valence-electron chi connectivity index (χ3n) is 1.74. The molecule has 0 spiro atoms. The number of sulfonamides is 1. The Kier molecular flexibility index (Phi) is 2.94. The molecule has 1 aromatic rings. The molecule has 1 aromatic carbocycles. The number of carbonyl (C=O) groups is 1. The van der Waals surface area contributed by atoms with Crippen molar-refractivity contribution in [2.24, 2.45) is 0 Å². The van der Waals surface area contributed by atoms with Gasteiger partial charge in [0.05, 0.1) is 4.90 Å². The lowest BCUT2D eigenvalue weighted by Gasteiger charge is -2.13. The van der Waals surface area contributed by atoms with Crippen molar-refractivity contribution in [2.75, 3.05) is 7.05 Å². The van der Waals surface area contributed by atoms with Gasteiger partial charge in [0.1, 0.15) is 5.82 Å². The van der Waals surface area contributed by atoms with Crippen LogP contribution in [0, 0.1) is 5.82 Å². The Morgan fingerprint density at radius 2 is 1.80 bits per heavy atom. The molecule has 1 N–H and O–H groups in total. The molecule has 7 heteroatoms. The van der Waals surface area contributed by atoms with E-state index in [9.17, 15) is 17.6 Å². The second-order valence-electron chi connectivity index (χ2n) is 2.71. The second kappa shape index (κ2) is 3.85. The molecule has 0 aliphatic carbocycles. The Morgan fingerprint density at radius 3 is 2.20 bits per heavy atom. The van der Waals surface area contributed by atoms with E-state index in [1.807, 2.05) is 0 Å². The van der Waals surface area contributed by atoms with Crippen molar-refractivity contribution in [2.45, 2.75) is 4.90 Å². The van der Waals surface area contributed by atoms with E-state index in [0.717, 1.165) is 31.3 Å². The smallest absolute Gasteiger partial charge is 0.421 e. The molecule has 15 heavy (non-hydrogen) atoms. The number of carboxylic acid groups (broad SMARTS) is 1. The Bertz CT molecular complexity index is 468. The van der Waals surface area contributed by atoms with Gasteiger partial charge in [-0.25, -0.2) is 21.9 Å². The predicted molar refractivity (Wildman–Crippen MR) is 49.4 cm³/mol. The van der Waals surface area contributed by atoms with Crippen LogP contribution in [0.3, 0.4) is 0 Å². The first kappa shape index (κ1) is 11.4. The molecule has 0 aromatic heterocycles. The fourth-order valence-corrected chi connectivity index (χ4v) is 1.87. The molecule has 1 rings (SSSR count). The number of rotatable bonds is 2. The third kappa shape index (κ3) is 2.24. The summed E-state index contributed by atoms with van der Waals surface area (Å²) in [4.78, 5) is 10.2. The van der Waals surface area contributed by atoms with Crippen LogP contribution in [0.15, 0.2) is 29.2 Å². The number of nitrogens with zero attached hydrogens (tertiary/aromatic N) is 1. The Labute approximate surface area is 85.8 Å². The van der Waals surface area contributed by atoms with Crippen molar-refractivity contribution >= 4 is 16.1 Å². The van der Waals surface area contributed by atoms with Crippen molar-refractivity contribution in [1.29, 1.82) is 0 Å². The molecule has 5 nitrogen and oxygen atoms in total. The van der Waals surface area contributed by atoms with E-state index in [1.165, 1.54) is 0 Å².